The molecule has 1 aromatic heterocycles. The average Bonchev–Trinajstić information content (AvgIpc) is 2.61. The number of ketones is 1. The number of benzene rings is 1. The van der Waals surface area contributed by atoms with Crippen molar-refractivity contribution in [2.24, 2.45) is 11.7 Å². The van der Waals surface area contributed by atoms with E-state index >= 15 is 0 Å². The molecule has 3 rings (SSSR count). The maximum Gasteiger partial charge on any atom is 0.146 e. The Balaban J connectivity index is 2.25. The van der Waals surface area contributed by atoms with Crippen molar-refractivity contribution in [2.45, 2.75) is 24.5 Å². The number of carbonyl (C=O) groups excluding carboxylic acids is 1. The molecule has 0 saturated heterocycles. The molecule has 2 aromatic rings. The molecular weight excluding hydrogens is 348 g/mol. The Morgan fingerprint density at radius 1 is 1.35 bits per heavy atom. The first-order chi connectivity index (χ1) is 12.3. The fraction of sp³-hybridized carbons (Fsp3) is 0.250. The van der Waals surface area contributed by atoms with Crippen LogP contribution in [0.3, 0.4) is 0 Å². The van der Waals surface area contributed by atoms with E-state index < -0.39 is 16.6 Å². The van der Waals surface area contributed by atoms with Crippen LogP contribution in [0.25, 0.3) is 5.57 Å². The molecule has 1 aliphatic heterocycles. The van der Waals surface area contributed by atoms with Crippen LogP contribution >= 0.6 is 11.6 Å². The Bertz CT molecular complexity index is 917. The van der Waals surface area contributed by atoms with E-state index in [9.17, 15) is 10.1 Å². The number of Topliss-reactive ketones (excluding diaryl/α,β-unsaturated/α-hetero) is 1. The summed E-state index contributed by atoms with van der Waals surface area (Å²) >= 11 is 7.08. The van der Waals surface area contributed by atoms with Crippen LogP contribution in [-0.4, -0.2) is 16.4 Å². The zero-order chi connectivity index (χ0) is 18.9. The van der Waals surface area contributed by atoms with Crippen molar-refractivity contribution in [3.05, 3.63) is 71.6 Å². The van der Waals surface area contributed by atoms with E-state index in [4.69, 9.17) is 17.3 Å². The van der Waals surface area contributed by atoms with Crippen molar-refractivity contribution >= 4 is 23.0 Å². The minimum absolute atomic E-state index is 0.0569. The highest BCUT2D eigenvalue weighted by Crippen LogP contribution is 2.46. The number of halogens is 1. The van der Waals surface area contributed by atoms with Gasteiger partial charge < -0.3 is 5.73 Å². The zero-order valence-corrected chi connectivity index (χ0v) is 15.3. The van der Waals surface area contributed by atoms with Crippen LogP contribution < -0.4 is 11.1 Å². The Kier molecular flexibility index (Phi) is 4.68. The van der Waals surface area contributed by atoms with Gasteiger partial charge in [-0.3, -0.25) is 15.1 Å². The van der Waals surface area contributed by atoms with Gasteiger partial charge in [0.05, 0.1) is 23.2 Å². The molecule has 6 heteroatoms. The van der Waals surface area contributed by atoms with Crippen molar-refractivity contribution in [3.8, 4) is 6.07 Å². The first-order valence-corrected chi connectivity index (χ1v) is 8.56. The summed E-state index contributed by atoms with van der Waals surface area (Å²) in [5.41, 5.74) is 8.07. The molecule has 3 N–H and O–H groups in total. The normalized spacial score (nSPS) is 28.1. The molecule has 26 heavy (non-hydrogen) atoms. The second-order valence-electron chi connectivity index (χ2n) is 6.66. The third-order valence-corrected chi connectivity index (χ3v) is 5.13. The minimum Gasteiger partial charge on any atom is -0.313 e. The van der Waals surface area contributed by atoms with E-state index in [1.54, 1.807) is 37.5 Å². The van der Waals surface area contributed by atoms with Crippen LogP contribution in [0.5, 0.6) is 0 Å². The summed E-state index contributed by atoms with van der Waals surface area (Å²) in [4.78, 5) is 15.0. The topological polar surface area (TPSA) is 91.8 Å². The number of carbonyl (C=O) groups is 1. The maximum atomic E-state index is 12.2. The monoisotopic (exact) mass is 366 g/mol. The molecular formula is C20H19ClN4O. The highest BCUT2D eigenvalue weighted by atomic mass is 35.5. The molecule has 0 bridgehead atoms. The molecule has 0 saturated carbocycles. The predicted molar refractivity (Wildman–Crippen MR) is 101 cm³/mol. The SMILES string of the molecule is CC(=O)C1C=C(c2ccncc2)C(Cl)(c2cccc(C#N)c2)NC1(C)N. The molecule has 3 atom stereocenters. The highest BCUT2D eigenvalue weighted by molar-refractivity contribution is 6.30. The summed E-state index contributed by atoms with van der Waals surface area (Å²) in [6.45, 7) is 3.25. The molecule has 0 spiro atoms. The van der Waals surface area contributed by atoms with Gasteiger partial charge in [0.1, 0.15) is 10.8 Å². The van der Waals surface area contributed by atoms with Gasteiger partial charge in [-0.15, -0.1) is 0 Å². The third-order valence-electron chi connectivity index (χ3n) is 4.61. The molecule has 5 nitrogen and oxygen atoms in total. The lowest BCUT2D eigenvalue weighted by Gasteiger charge is -2.46. The molecule has 3 unspecified atom stereocenters. The van der Waals surface area contributed by atoms with Gasteiger partial charge in [-0.1, -0.05) is 29.8 Å². The van der Waals surface area contributed by atoms with Gasteiger partial charge in [-0.25, -0.2) is 0 Å². The first kappa shape index (κ1) is 18.3. The second kappa shape index (κ2) is 6.65. The standard InChI is InChI=1S/C20H19ClN4O/c1-13(26)17-11-18(15-6-8-24-9-7-15)20(21,25-19(17,2)23)16-5-3-4-14(10-16)12-22/h3-11,17,25H,23H2,1-2H3. The van der Waals surface area contributed by atoms with Gasteiger partial charge in [0.15, 0.2) is 0 Å². The van der Waals surface area contributed by atoms with Crippen LogP contribution in [0.1, 0.15) is 30.5 Å². The molecule has 132 valence electrons. The zero-order valence-electron chi connectivity index (χ0n) is 14.5. The van der Waals surface area contributed by atoms with Gasteiger partial charge in [0.2, 0.25) is 0 Å². The first-order valence-electron chi connectivity index (χ1n) is 8.19. The van der Waals surface area contributed by atoms with Crippen molar-refractivity contribution in [3.63, 3.8) is 0 Å². The number of nitriles is 1. The number of hydrogen-bond donors (Lipinski definition) is 2. The van der Waals surface area contributed by atoms with Crippen LogP contribution in [0.2, 0.25) is 0 Å². The van der Waals surface area contributed by atoms with E-state index in [0.29, 0.717) is 16.7 Å². The summed E-state index contributed by atoms with van der Waals surface area (Å²) in [5, 5.41) is 12.5. The average molecular weight is 367 g/mol. The van der Waals surface area contributed by atoms with Crippen molar-refractivity contribution in [2.75, 3.05) is 0 Å². The predicted octanol–water partition coefficient (Wildman–Crippen LogP) is 2.91. The number of hydrogen-bond acceptors (Lipinski definition) is 5. The Morgan fingerprint density at radius 3 is 2.65 bits per heavy atom. The lowest BCUT2D eigenvalue weighted by molar-refractivity contribution is -0.121. The van der Waals surface area contributed by atoms with E-state index in [1.165, 1.54) is 6.92 Å². The van der Waals surface area contributed by atoms with Gasteiger partial charge in [-0.2, -0.15) is 5.26 Å². The van der Waals surface area contributed by atoms with E-state index in [2.05, 4.69) is 16.4 Å². The second-order valence-corrected chi connectivity index (χ2v) is 7.23. The molecule has 1 aliphatic rings. The molecule has 1 aromatic carbocycles. The van der Waals surface area contributed by atoms with Crippen molar-refractivity contribution in [1.82, 2.24) is 10.3 Å². The summed E-state index contributed by atoms with van der Waals surface area (Å²) in [6.07, 6.45) is 5.15. The number of alkyl halides is 1. The molecule has 0 radical (unpaired) electrons. The molecule has 0 amide bonds. The summed E-state index contributed by atoms with van der Waals surface area (Å²) < 4.78 is 0. The largest absolute Gasteiger partial charge is 0.313 e. The van der Waals surface area contributed by atoms with Gasteiger partial charge in [-0.05, 0) is 54.8 Å². The number of aromatic nitrogens is 1. The lowest BCUT2D eigenvalue weighted by atomic mass is 9.78. The van der Waals surface area contributed by atoms with Crippen LogP contribution in [-0.2, 0) is 9.79 Å². The number of pyridine rings is 1. The Labute approximate surface area is 157 Å². The summed E-state index contributed by atoms with van der Waals surface area (Å²) in [5.74, 6) is -0.602. The van der Waals surface area contributed by atoms with E-state index in [0.717, 1.165) is 5.56 Å². The molecule has 2 heterocycles. The van der Waals surface area contributed by atoms with Crippen molar-refractivity contribution < 1.29 is 4.79 Å². The number of nitrogens with zero attached hydrogens (tertiary/aromatic N) is 2. The summed E-state index contributed by atoms with van der Waals surface area (Å²) in [6, 6.07) is 12.8. The maximum absolute atomic E-state index is 12.2. The smallest absolute Gasteiger partial charge is 0.146 e. The Hall–Kier alpha value is -2.52. The van der Waals surface area contributed by atoms with Gasteiger partial charge in [0, 0.05) is 12.4 Å². The van der Waals surface area contributed by atoms with Crippen molar-refractivity contribution in [1.29, 1.82) is 5.26 Å². The van der Waals surface area contributed by atoms with E-state index in [1.807, 2.05) is 24.3 Å². The quantitative estimate of drug-likeness (QED) is 0.643. The van der Waals surface area contributed by atoms with E-state index in [-0.39, 0.29) is 5.78 Å². The van der Waals surface area contributed by atoms with Crippen LogP contribution in [0.4, 0.5) is 0 Å². The highest BCUT2D eigenvalue weighted by Gasteiger charge is 2.48. The molecule has 0 aliphatic carbocycles. The minimum atomic E-state index is -1.19. The lowest BCUT2D eigenvalue weighted by Crippen LogP contribution is -2.65. The third kappa shape index (κ3) is 3.15. The number of nitrogens with two attached hydrogens (primary N) is 1. The fourth-order valence-electron chi connectivity index (χ4n) is 3.37. The van der Waals surface area contributed by atoms with Gasteiger partial charge >= 0.3 is 0 Å². The number of nitrogens with one attached hydrogen (secondary N) is 1. The van der Waals surface area contributed by atoms with Gasteiger partial charge in [0.25, 0.3) is 0 Å². The Morgan fingerprint density at radius 2 is 2.04 bits per heavy atom. The van der Waals surface area contributed by atoms with Crippen LogP contribution in [0, 0.1) is 17.2 Å². The van der Waals surface area contributed by atoms with Crippen LogP contribution in [0.15, 0.2) is 54.9 Å². The fourth-order valence-corrected chi connectivity index (χ4v) is 3.86. The summed E-state index contributed by atoms with van der Waals surface area (Å²) in [7, 11) is 0. The molecule has 0 fully saturated rings. The number of rotatable bonds is 3.